The molecular weight excluding hydrogens is 408 g/mol. The van der Waals surface area contributed by atoms with Crippen molar-refractivity contribution >= 4 is 24.0 Å². The van der Waals surface area contributed by atoms with Gasteiger partial charge in [-0.3, -0.25) is 9.59 Å². The van der Waals surface area contributed by atoms with E-state index < -0.39 is 6.16 Å². The van der Waals surface area contributed by atoms with Gasteiger partial charge in [-0.15, -0.1) is 0 Å². The summed E-state index contributed by atoms with van der Waals surface area (Å²) in [6, 6.07) is 14.3. The predicted octanol–water partition coefficient (Wildman–Crippen LogP) is 3.96. The summed E-state index contributed by atoms with van der Waals surface area (Å²) in [4.78, 5) is 38.1. The van der Waals surface area contributed by atoms with Crippen LogP contribution < -0.4 is 10.1 Å². The second-order valence-corrected chi connectivity index (χ2v) is 7.57. The van der Waals surface area contributed by atoms with Crippen molar-refractivity contribution in [1.29, 1.82) is 0 Å². The molecule has 0 aromatic heterocycles. The fourth-order valence-electron chi connectivity index (χ4n) is 3.51. The molecule has 1 heterocycles. The molecule has 32 heavy (non-hydrogen) atoms. The van der Waals surface area contributed by atoms with Crippen LogP contribution in [-0.2, 0) is 9.53 Å². The lowest BCUT2D eigenvalue weighted by Crippen LogP contribution is -2.46. The molecule has 0 unspecified atom stereocenters. The Hall–Kier alpha value is -3.61. The predicted molar refractivity (Wildman–Crippen MR) is 121 cm³/mol. The number of carbonyl (C=O) groups is 3. The Labute approximate surface area is 188 Å². The fourth-order valence-corrected chi connectivity index (χ4v) is 3.51. The third-order valence-electron chi connectivity index (χ3n) is 5.30. The number of amides is 2. The number of likely N-dealkylation sites (tertiary alicyclic amines) is 1. The molecule has 1 saturated heterocycles. The molecule has 7 nitrogen and oxygen atoms in total. The number of nitrogens with one attached hydrogen (secondary N) is 1. The Morgan fingerprint density at radius 1 is 1.06 bits per heavy atom. The Bertz CT molecular complexity index is 976. The second kappa shape index (κ2) is 11.1. The van der Waals surface area contributed by atoms with Crippen molar-refractivity contribution in [2.24, 2.45) is 0 Å². The largest absolute Gasteiger partial charge is 0.513 e. The van der Waals surface area contributed by atoms with E-state index in [2.05, 4.69) is 5.32 Å². The second-order valence-electron chi connectivity index (χ2n) is 7.57. The van der Waals surface area contributed by atoms with E-state index in [4.69, 9.17) is 9.47 Å². The molecule has 0 aliphatic carbocycles. The molecule has 7 heteroatoms. The first kappa shape index (κ1) is 23.1. The van der Waals surface area contributed by atoms with E-state index in [9.17, 15) is 14.4 Å². The average Bonchev–Trinajstić information content (AvgIpc) is 2.79. The first-order valence-corrected chi connectivity index (χ1v) is 10.7. The topological polar surface area (TPSA) is 84.9 Å². The zero-order valence-electron chi connectivity index (χ0n) is 18.4. The van der Waals surface area contributed by atoms with Gasteiger partial charge in [0.1, 0.15) is 5.75 Å². The van der Waals surface area contributed by atoms with Gasteiger partial charge in [0.15, 0.2) is 0 Å². The van der Waals surface area contributed by atoms with Crippen LogP contribution in [0.5, 0.6) is 5.75 Å². The number of carbonyl (C=O) groups excluding carboxylic acids is 3. The van der Waals surface area contributed by atoms with E-state index >= 15 is 0 Å². The van der Waals surface area contributed by atoms with E-state index in [1.807, 2.05) is 37.3 Å². The van der Waals surface area contributed by atoms with Crippen molar-refractivity contribution in [3.63, 3.8) is 0 Å². The van der Waals surface area contributed by atoms with Crippen LogP contribution in [0.3, 0.4) is 0 Å². The Kier molecular flexibility index (Phi) is 8.02. The summed E-state index contributed by atoms with van der Waals surface area (Å²) in [5.74, 6) is 0.104. The molecule has 1 aliphatic heterocycles. The number of aryl methyl sites for hydroxylation is 1. The van der Waals surface area contributed by atoms with Crippen LogP contribution in [-0.4, -0.2) is 48.6 Å². The maximum Gasteiger partial charge on any atom is 0.513 e. The van der Waals surface area contributed by atoms with Gasteiger partial charge in [0.05, 0.1) is 6.61 Å². The summed E-state index contributed by atoms with van der Waals surface area (Å²) in [5, 5.41) is 3.02. The number of ether oxygens (including phenoxy) is 2. The molecule has 0 atom stereocenters. The molecule has 3 rings (SSSR count). The number of hydrogen-bond acceptors (Lipinski definition) is 5. The lowest BCUT2D eigenvalue weighted by atomic mass is 10.0. The third-order valence-corrected chi connectivity index (χ3v) is 5.30. The summed E-state index contributed by atoms with van der Waals surface area (Å²) in [6.45, 7) is 5.05. The normalized spacial score (nSPS) is 14.2. The van der Waals surface area contributed by atoms with E-state index in [1.54, 1.807) is 42.2 Å². The molecule has 0 bridgehead atoms. The van der Waals surface area contributed by atoms with E-state index in [-0.39, 0.29) is 24.5 Å². The van der Waals surface area contributed by atoms with Crippen molar-refractivity contribution in [1.82, 2.24) is 10.2 Å². The Morgan fingerprint density at radius 3 is 2.41 bits per heavy atom. The smallest absolute Gasteiger partial charge is 0.434 e. The van der Waals surface area contributed by atoms with Gasteiger partial charge in [-0.1, -0.05) is 24.3 Å². The van der Waals surface area contributed by atoms with Crippen LogP contribution in [0.4, 0.5) is 4.79 Å². The standard InChI is InChI=1S/C25H28N2O5/c1-3-31-25(30)32-22-11-8-20(9-12-22)24(29)27-16-14-21(15-17-27)26-23(28)13-10-19-7-5-4-6-18(19)2/h4-13,21H,3,14-17H2,1-2H3,(H,26,28)/b13-10+. The van der Waals surface area contributed by atoms with E-state index in [0.717, 1.165) is 11.1 Å². The van der Waals surface area contributed by atoms with Crippen molar-refractivity contribution in [3.05, 3.63) is 71.3 Å². The minimum atomic E-state index is -0.774. The quantitative estimate of drug-likeness (QED) is 0.421. The molecule has 0 radical (unpaired) electrons. The average molecular weight is 437 g/mol. The fraction of sp³-hybridized carbons (Fsp3) is 0.320. The van der Waals surface area contributed by atoms with Gasteiger partial charge in [-0.05, 0) is 68.2 Å². The molecule has 168 valence electrons. The van der Waals surface area contributed by atoms with E-state index in [1.165, 1.54) is 0 Å². The van der Waals surface area contributed by atoms with Crippen molar-refractivity contribution in [2.75, 3.05) is 19.7 Å². The summed E-state index contributed by atoms with van der Waals surface area (Å²) in [7, 11) is 0. The van der Waals surface area contributed by atoms with Gasteiger partial charge >= 0.3 is 6.16 Å². The molecule has 0 spiro atoms. The van der Waals surface area contributed by atoms with Crippen LogP contribution >= 0.6 is 0 Å². The van der Waals surface area contributed by atoms with Gasteiger partial charge in [0.2, 0.25) is 5.91 Å². The van der Waals surface area contributed by atoms with Gasteiger partial charge in [-0.2, -0.15) is 0 Å². The molecule has 1 N–H and O–H groups in total. The van der Waals surface area contributed by atoms with Gasteiger partial charge < -0.3 is 19.7 Å². The van der Waals surface area contributed by atoms with Crippen LogP contribution in [0.2, 0.25) is 0 Å². The third kappa shape index (κ3) is 6.44. The van der Waals surface area contributed by atoms with Crippen molar-refractivity contribution in [2.45, 2.75) is 32.7 Å². The van der Waals surface area contributed by atoms with Crippen LogP contribution in [0.25, 0.3) is 6.08 Å². The minimum Gasteiger partial charge on any atom is -0.434 e. The Balaban J connectivity index is 1.46. The Morgan fingerprint density at radius 2 is 1.75 bits per heavy atom. The number of benzene rings is 2. The lowest BCUT2D eigenvalue weighted by Gasteiger charge is -2.32. The molecule has 1 aliphatic rings. The first-order chi connectivity index (χ1) is 15.5. The van der Waals surface area contributed by atoms with E-state index in [0.29, 0.717) is 37.2 Å². The molecule has 0 saturated carbocycles. The summed E-state index contributed by atoms with van der Waals surface area (Å²) in [5.41, 5.74) is 2.65. The summed E-state index contributed by atoms with van der Waals surface area (Å²) < 4.78 is 9.74. The molecule has 2 aromatic carbocycles. The lowest BCUT2D eigenvalue weighted by molar-refractivity contribution is -0.117. The maximum atomic E-state index is 12.8. The first-order valence-electron chi connectivity index (χ1n) is 10.7. The van der Waals surface area contributed by atoms with Crippen LogP contribution in [0.1, 0.15) is 41.3 Å². The van der Waals surface area contributed by atoms with Crippen molar-refractivity contribution in [3.8, 4) is 5.75 Å². The molecular formula is C25H28N2O5. The van der Waals surface area contributed by atoms with Gasteiger partial charge in [0.25, 0.3) is 5.91 Å². The highest BCUT2D eigenvalue weighted by Crippen LogP contribution is 2.18. The number of rotatable bonds is 6. The summed E-state index contributed by atoms with van der Waals surface area (Å²) in [6.07, 6.45) is 3.99. The monoisotopic (exact) mass is 436 g/mol. The zero-order valence-corrected chi connectivity index (χ0v) is 18.4. The highest BCUT2D eigenvalue weighted by atomic mass is 16.7. The van der Waals surface area contributed by atoms with Gasteiger partial charge in [0, 0.05) is 30.8 Å². The van der Waals surface area contributed by atoms with Gasteiger partial charge in [-0.25, -0.2) is 4.79 Å². The molecule has 2 amide bonds. The number of piperidine rings is 1. The zero-order chi connectivity index (χ0) is 22.9. The van der Waals surface area contributed by atoms with Crippen molar-refractivity contribution < 1.29 is 23.9 Å². The minimum absolute atomic E-state index is 0.0356. The highest BCUT2D eigenvalue weighted by molar-refractivity contribution is 5.94. The van der Waals surface area contributed by atoms with Crippen LogP contribution in [0.15, 0.2) is 54.6 Å². The highest BCUT2D eigenvalue weighted by Gasteiger charge is 2.24. The summed E-state index contributed by atoms with van der Waals surface area (Å²) >= 11 is 0. The van der Waals surface area contributed by atoms with Crippen LogP contribution in [0, 0.1) is 6.92 Å². The number of nitrogens with zero attached hydrogens (tertiary/aromatic N) is 1. The maximum absolute atomic E-state index is 12.8. The number of hydrogen-bond donors (Lipinski definition) is 1. The molecule has 1 fully saturated rings. The SMILES string of the molecule is CCOC(=O)Oc1ccc(C(=O)N2CCC(NC(=O)/C=C/c3ccccc3C)CC2)cc1. The molecule has 2 aromatic rings.